The van der Waals surface area contributed by atoms with Crippen LogP contribution in [0.3, 0.4) is 0 Å². The second-order valence-electron chi connectivity index (χ2n) is 8.11. The zero-order chi connectivity index (χ0) is 21.1. The molecule has 156 valence electrons. The lowest BCUT2D eigenvalue weighted by atomic mass is 10.0. The number of rotatable bonds is 6. The lowest BCUT2D eigenvalue weighted by Gasteiger charge is -2.22. The third kappa shape index (κ3) is 6.54. The van der Waals surface area contributed by atoms with Gasteiger partial charge in [0.15, 0.2) is 6.10 Å². The predicted octanol–water partition coefficient (Wildman–Crippen LogP) is 3.61. The van der Waals surface area contributed by atoms with E-state index in [1.807, 2.05) is 20.8 Å². The van der Waals surface area contributed by atoms with Gasteiger partial charge in [0, 0.05) is 18.5 Å². The lowest BCUT2D eigenvalue weighted by Crippen LogP contribution is -2.40. The van der Waals surface area contributed by atoms with Gasteiger partial charge in [-0.15, -0.1) is 0 Å². The molecule has 0 spiro atoms. The Labute approximate surface area is 175 Å². The van der Waals surface area contributed by atoms with Crippen molar-refractivity contribution in [3.05, 3.63) is 28.2 Å². The molecule has 8 heteroatoms. The third-order valence-electron chi connectivity index (χ3n) is 4.51. The number of amides is 1. The average molecular weight is 432 g/mol. The average Bonchev–Trinajstić information content (AvgIpc) is 2.95. The quantitative estimate of drug-likeness (QED) is 0.671. The molecule has 0 saturated heterocycles. The van der Waals surface area contributed by atoms with Gasteiger partial charge in [-0.1, -0.05) is 23.2 Å². The van der Waals surface area contributed by atoms with Gasteiger partial charge in [0.05, 0.1) is 22.1 Å². The second kappa shape index (κ2) is 9.33. The molecule has 2 rings (SSSR count). The van der Waals surface area contributed by atoms with Crippen LogP contribution in [0.5, 0.6) is 5.75 Å². The van der Waals surface area contributed by atoms with Crippen molar-refractivity contribution in [1.82, 2.24) is 5.32 Å². The minimum absolute atomic E-state index is 0.210. The monoisotopic (exact) mass is 431 g/mol. The van der Waals surface area contributed by atoms with Gasteiger partial charge in [0.1, 0.15) is 11.4 Å². The summed E-state index contributed by atoms with van der Waals surface area (Å²) < 4.78 is 11.0. The Kier molecular flexibility index (Phi) is 7.59. The zero-order valence-corrected chi connectivity index (χ0v) is 18.0. The molecule has 1 fully saturated rings. The maximum absolute atomic E-state index is 12.3. The first-order valence-corrected chi connectivity index (χ1v) is 10.0. The van der Waals surface area contributed by atoms with Gasteiger partial charge in [0.25, 0.3) is 5.91 Å². The van der Waals surface area contributed by atoms with E-state index in [2.05, 4.69) is 5.32 Å². The fraction of sp³-hybridized carbons (Fsp3) is 0.600. The summed E-state index contributed by atoms with van der Waals surface area (Å²) in [6.45, 7) is 7.30. The van der Waals surface area contributed by atoms with E-state index in [4.69, 9.17) is 32.7 Å². The molecule has 1 aromatic rings. The fourth-order valence-electron chi connectivity index (χ4n) is 3.08. The van der Waals surface area contributed by atoms with Gasteiger partial charge in [-0.2, -0.15) is 0 Å². The Morgan fingerprint density at radius 1 is 1.25 bits per heavy atom. The SMILES string of the molecule is CC(Oc1ccc(Cl)c(Cl)c1)C(=O)NCC1CC(C(=O)OC(C)(C)C)CC1O. The fourth-order valence-corrected chi connectivity index (χ4v) is 3.37. The molecule has 0 bridgehead atoms. The molecule has 4 atom stereocenters. The summed E-state index contributed by atoms with van der Waals surface area (Å²) in [5.74, 6) is -0.765. The molecule has 1 amide bonds. The molecule has 4 unspecified atom stereocenters. The van der Waals surface area contributed by atoms with Crippen LogP contribution in [0.4, 0.5) is 0 Å². The highest BCUT2D eigenvalue weighted by Crippen LogP contribution is 2.33. The summed E-state index contributed by atoms with van der Waals surface area (Å²) in [4.78, 5) is 24.5. The van der Waals surface area contributed by atoms with Crippen LogP contribution in [0.2, 0.25) is 10.0 Å². The van der Waals surface area contributed by atoms with Crippen LogP contribution in [0.15, 0.2) is 18.2 Å². The van der Waals surface area contributed by atoms with E-state index in [0.717, 1.165) is 0 Å². The number of ether oxygens (including phenoxy) is 2. The molecule has 1 saturated carbocycles. The normalized spacial score (nSPS) is 23.2. The first-order valence-electron chi connectivity index (χ1n) is 9.26. The highest BCUT2D eigenvalue weighted by molar-refractivity contribution is 6.42. The van der Waals surface area contributed by atoms with E-state index >= 15 is 0 Å². The topological polar surface area (TPSA) is 84.9 Å². The number of hydrogen-bond donors (Lipinski definition) is 2. The number of halogens is 2. The van der Waals surface area contributed by atoms with E-state index in [1.54, 1.807) is 25.1 Å². The summed E-state index contributed by atoms with van der Waals surface area (Å²) in [6.07, 6.45) is -0.607. The maximum atomic E-state index is 12.3. The molecule has 2 N–H and O–H groups in total. The summed E-state index contributed by atoms with van der Waals surface area (Å²) >= 11 is 11.8. The van der Waals surface area contributed by atoms with Crippen LogP contribution < -0.4 is 10.1 Å². The molecule has 0 aliphatic heterocycles. The predicted molar refractivity (Wildman–Crippen MR) is 108 cm³/mol. The lowest BCUT2D eigenvalue weighted by molar-refractivity contribution is -0.160. The molecular formula is C20H27Cl2NO5. The van der Waals surface area contributed by atoms with Crippen molar-refractivity contribution in [3.8, 4) is 5.75 Å². The minimum Gasteiger partial charge on any atom is -0.481 e. The largest absolute Gasteiger partial charge is 0.481 e. The Morgan fingerprint density at radius 2 is 1.93 bits per heavy atom. The molecule has 28 heavy (non-hydrogen) atoms. The van der Waals surface area contributed by atoms with Crippen molar-refractivity contribution in [2.45, 2.75) is 58.3 Å². The number of nitrogens with one attached hydrogen (secondary N) is 1. The van der Waals surface area contributed by atoms with Crippen LogP contribution in [0.25, 0.3) is 0 Å². The molecule has 1 aromatic carbocycles. The summed E-state index contributed by atoms with van der Waals surface area (Å²) in [7, 11) is 0. The standard InChI is InChI=1S/C20H27Cl2NO5/c1-11(27-14-5-6-15(21)16(22)9-14)18(25)23-10-13-7-12(8-17(13)24)19(26)28-20(2,3)4/h5-6,9,11-13,17,24H,7-8,10H2,1-4H3,(H,23,25). The summed E-state index contributed by atoms with van der Waals surface area (Å²) in [6, 6.07) is 4.76. The Bertz CT molecular complexity index is 719. The second-order valence-corrected chi connectivity index (χ2v) is 8.92. The Hall–Kier alpha value is -1.50. The number of benzene rings is 1. The molecule has 6 nitrogen and oxygen atoms in total. The molecule has 1 aliphatic rings. The van der Waals surface area contributed by atoms with Crippen molar-refractivity contribution in [2.24, 2.45) is 11.8 Å². The van der Waals surface area contributed by atoms with Gasteiger partial charge in [-0.3, -0.25) is 9.59 Å². The molecule has 1 aliphatic carbocycles. The zero-order valence-electron chi connectivity index (χ0n) is 16.5. The van der Waals surface area contributed by atoms with E-state index in [0.29, 0.717) is 28.6 Å². The number of hydrogen-bond acceptors (Lipinski definition) is 5. The molecule has 0 radical (unpaired) electrons. The van der Waals surface area contributed by atoms with Crippen LogP contribution in [0, 0.1) is 11.8 Å². The van der Waals surface area contributed by atoms with Crippen LogP contribution in [-0.2, 0) is 14.3 Å². The number of aliphatic hydroxyl groups is 1. The highest BCUT2D eigenvalue weighted by atomic mass is 35.5. The number of esters is 1. The first kappa shape index (κ1) is 22.8. The van der Waals surface area contributed by atoms with Gasteiger partial charge < -0.3 is 19.9 Å². The van der Waals surface area contributed by atoms with Crippen LogP contribution in [-0.4, -0.2) is 41.3 Å². The third-order valence-corrected chi connectivity index (χ3v) is 5.25. The van der Waals surface area contributed by atoms with E-state index in [-0.39, 0.29) is 30.3 Å². The van der Waals surface area contributed by atoms with E-state index in [1.165, 1.54) is 0 Å². The Balaban J connectivity index is 1.83. The van der Waals surface area contributed by atoms with Crippen LogP contribution >= 0.6 is 23.2 Å². The van der Waals surface area contributed by atoms with Crippen molar-refractivity contribution in [2.75, 3.05) is 6.54 Å². The highest BCUT2D eigenvalue weighted by Gasteiger charge is 2.39. The number of aliphatic hydroxyl groups excluding tert-OH is 1. The number of carbonyl (C=O) groups excluding carboxylic acids is 2. The van der Waals surface area contributed by atoms with E-state index in [9.17, 15) is 14.7 Å². The summed E-state index contributed by atoms with van der Waals surface area (Å²) in [5, 5.41) is 13.8. The molecule has 0 aromatic heterocycles. The Morgan fingerprint density at radius 3 is 2.54 bits per heavy atom. The molecular weight excluding hydrogens is 405 g/mol. The molecule has 0 heterocycles. The van der Waals surface area contributed by atoms with Crippen molar-refractivity contribution in [3.63, 3.8) is 0 Å². The van der Waals surface area contributed by atoms with Gasteiger partial charge in [0.2, 0.25) is 0 Å². The number of carbonyl (C=O) groups is 2. The first-order chi connectivity index (χ1) is 13.0. The van der Waals surface area contributed by atoms with Crippen molar-refractivity contribution >= 4 is 35.1 Å². The minimum atomic E-state index is -0.752. The van der Waals surface area contributed by atoms with Crippen molar-refractivity contribution < 1.29 is 24.2 Å². The van der Waals surface area contributed by atoms with Gasteiger partial charge >= 0.3 is 5.97 Å². The maximum Gasteiger partial charge on any atom is 0.309 e. The van der Waals surface area contributed by atoms with Gasteiger partial charge in [-0.25, -0.2) is 0 Å². The van der Waals surface area contributed by atoms with Crippen molar-refractivity contribution in [1.29, 1.82) is 0 Å². The van der Waals surface area contributed by atoms with E-state index < -0.39 is 17.8 Å². The van der Waals surface area contributed by atoms with Gasteiger partial charge in [-0.05, 0) is 52.7 Å². The van der Waals surface area contributed by atoms with Crippen LogP contribution in [0.1, 0.15) is 40.5 Å². The smallest absolute Gasteiger partial charge is 0.309 e. The summed E-state index contributed by atoms with van der Waals surface area (Å²) in [5.41, 5.74) is -0.564.